The van der Waals surface area contributed by atoms with Crippen LogP contribution < -0.4 is 10.6 Å². The summed E-state index contributed by atoms with van der Waals surface area (Å²) < 4.78 is 0. The predicted octanol–water partition coefficient (Wildman–Crippen LogP) is 1.81. The molecule has 2 aliphatic rings. The molecule has 1 aromatic rings. The smallest absolute Gasteiger partial charge is 0.101 e. The first-order valence-electron chi connectivity index (χ1n) is 6.04. The average Bonchev–Trinajstić information content (AvgIpc) is 2.82. The van der Waals surface area contributed by atoms with Gasteiger partial charge in [0.15, 0.2) is 0 Å². The van der Waals surface area contributed by atoms with Gasteiger partial charge in [-0.1, -0.05) is 18.2 Å². The van der Waals surface area contributed by atoms with Gasteiger partial charge in [-0.25, -0.2) is 0 Å². The summed E-state index contributed by atoms with van der Waals surface area (Å²) in [5.41, 5.74) is 2.64. The molecule has 2 heterocycles. The number of anilines is 1. The van der Waals surface area contributed by atoms with Gasteiger partial charge in [-0.2, -0.15) is 0 Å². The van der Waals surface area contributed by atoms with Crippen molar-refractivity contribution in [1.29, 1.82) is 0 Å². The number of amidine groups is 1. The van der Waals surface area contributed by atoms with E-state index in [-0.39, 0.29) is 0 Å². The molecule has 2 N–H and O–H groups in total. The van der Waals surface area contributed by atoms with E-state index in [1.54, 1.807) is 0 Å². The van der Waals surface area contributed by atoms with Crippen molar-refractivity contribution in [2.24, 2.45) is 4.99 Å². The van der Waals surface area contributed by atoms with Gasteiger partial charge in [0.2, 0.25) is 0 Å². The van der Waals surface area contributed by atoms with E-state index in [0.717, 1.165) is 31.8 Å². The second-order valence-electron chi connectivity index (χ2n) is 4.50. The average molecular weight is 215 g/mol. The van der Waals surface area contributed by atoms with Crippen LogP contribution in [-0.2, 0) is 6.42 Å². The molecule has 16 heavy (non-hydrogen) atoms. The van der Waals surface area contributed by atoms with Crippen LogP contribution in [0.25, 0.3) is 0 Å². The molecule has 3 nitrogen and oxygen atoms in total. The quantitative estimate of drug-likeness (QED) is 0.749. The standard InChI is InChI=1S/C13H17N3/c1-2-4-12-10(3-1)5-6-13(16-12)15-11-7-8-14-9-11/h1-4,11,14H,5-9H2,(H,15,16). The number of nitrogens with one attached hydrogen (secondary N) is 2. The minimum absolute atomic E-state index is 0.479. The summed E-state index contributed by atoms with van der Waals surface area (Å²) in [6.45, 7) is 2.14. The van der Waals surface area contributed by atoms with Crippen molar-refractivity contribution < 1.29 is 0 Å². The lowest BCUT2D eigenvalue weighted by atomic mass is 10.0. The Morgan fingerprint density at radius 3 is 3.00 bits per heavy atom. The molecule has 1 saturated heterocycles. The summed E-state index contributed by atoms with van der Waals surface area (Å²) >= 11 is 0. The number of hydrogen-bond donors (Lipinski definition) is 2. The molecule has 3 heteroatoms. The van der Waals surface area contributed by atoms with E-state index < -0.39 is 0 Å². The van der Waals surface area contributed by atoms with Gasteiger partial charge in [0.05, 0.1) is 6.04 Å². The molecular formula is C13H17N3. The van der Waals surface area contributed by atoms with Crippen LogP contribution >= 0.6 is 0 Å². The fraction of sp³-hybridized carbons (Fsp3) is 0.462. The van der Waals surface area contributed by atoms with E-state index >= 15 is 0 Å². The van der Waals surface area contributed by atoms with Gasteiger partial charge in [0.25, 0.3) is 0 Å². The first-order valence-corrected chi connectivity index (χ1v) is 6.04. The minimum atomic E-state index is 0.479. The Morgan fingerprint density at radius 1 is 1.19 bits per heavy atom. The van der Waals surface area contributed by atoms with Crippen LogP contribution in [0, 0.1) is 0 Å². The zero-order valence-electron chi connectivity index (χ0n) is 9.37. The predicted molar refractivity (Wildman–Crippen MR) is 67.1 cm³/mol. The second-order valence-corrected chi connectivity index (χ2v) is 4.50. The molecule has 3 rings (SSSR count). The highest BCUT2D eigenvalue weighted by Gasteiger charge is 2.17. The Kier molecular flexibility index (Phi) is 2.62. The molecule has 0 aliphatic carbocycles. The molecule has 2 aliphatic heterocycles. The van der Waals surface area contributed by atoms with Crippen LogP contribution in [0.3, 0.4) is 0 Å². The summed E-state index contributed by atoms with van der Waals surface area (Å²) in [5.74, 6) is 1.16. The van der Waals surface area contributed by atoms with E-state index in [4.69, 9.17) is 4.99 Å². The first-order chi connectivity index (χ1) is 7.92. The molecule has 1 fully saturated rings. The minimum Gasteiger partial charge on any atom is -0.344 e. The third-order valence-corrected chi connectivity index (χ3v) is 3.30. The van der Waals surface area contributed by atoms with Gasteiger partial charge in [-0.15, -0.1) is 0 Å². The summed E-state index contributed by atoms with van der Waals surface area (Å²) in [6.07, 6.45) is 3.34. The van der Waals surface area contributed by atoms with E-state index in [2.05, 4.69) is 34.9 Å². The van der Waals surface area contributed by atoms with Crippen molar-refractivity contribution in [1.82, 2.24) is 5.32 Å². The van der Waals surface area contributed by atoms with Gasteiger partial charge in [0, 0.05) is 18.7 Å². The zero-order chi connectivity index (χ0) is 10.8. The highest BCUT2D eigenvalue weighted by Crippen LogP contribution is 2.22. The number of hydrogen-bond acceptors (Lipinski definition) is 2. The van der Waals surface area contributed by atoms with E-state index in [9.17, 15) is 0 Å². The lowest BCUT2D eigenvalue weighted by Gasteiger charge is -2.20. The van der Waals surface area contributed by atoms with E-state index in [1.807, 2.05) is 0 Å². The topological polar surface area (TPSA) is 36.4 Å². The maximum absolute atomic E-state index is 4.78. The molecule has 0 amide bonds. The van der Waals surface area contributed by atoms with Gasteiger partial charge < -0.3 is 10.6 Å². The van der Waals surface area contributed by atoms with Crippen molar-refractivity contribution >= 4 is 11.5 Å². The molecule has 1 atom stereocenters. The number of benzene rings is 1. The van der Waals surface area contributed by atoms with Crippen LogP contribution in [0.2, 0.25) is 0 Å². The number of rotatable bonds is 1. The molecule has 0 aromatic heterocycles. The lowest BCUT2D eigenvalue weighted by molar-refractivity contribution is 0.738. The zero-order valence-corrected chi connectivity index (χ0v) is 9.37. The van der Waals surface area contributed by atoms with Gasteiger partial charge >= 0.3 is 0 Å². The fourth-order valence-corrected chi connectivity index (χ4v) is 2.40. The number of nitrogens with zero attached hydrogens (tertiary/aromatic N) is 1. The maximum Gasteiger partial charge on any atom is 0.101 e. The Hall–Kier alpha value is -1.35. The van der Waals surface area contributed by atoms with Crippen LogP contribution in [0.1, 0.15) is 18.4 Å². The van der Waals surface area contributed by atoms with Crippen LogP contribution in [0.4, 0.5) is 5.69 Å². The fourth-order valence-electron chi connectivity index (χ4n) is 2.40. The Balaban J connectivity index is 1.77. The Labute approximate surface area is 96.0 Å². The third kappa shape index (κ3) is 1.95. The molecular weight excluding hydrogens is 198 g/mol. The number of para-hydroxylation sites is 1. The number of fused-ring (bicyclic) bond motifs is 1. The molecule has 0 bridgehead atoms. The Morgan fingerprint density at radius 2 is 2.12 bits per heavy atom. The SMILES string of the molecule is c1ccc2c(c1)CCC(=NC1CCNC1)N2. The van der Waals surface area contributed by atoms with Crippen molar-refractivity contribution in [3.63, 3.8) is 0 Å². The number of aryl methyl sites for hydroxylation is 1. The normalized spacial score (nSPS) is 26.5. The van der Waals surface area contributed by atoms with Gasteiger partial charge in [-0.05, 0) is 31.0 Å². The molecule has 1 aromatic carbocycles. The van der Waals surface area contributed by atoms with Crippen LogP contribution in [0.15, 0.2) is 29.3 Å². The largest absolute Gasteiger partial charge is 0.344 e. The summed E-state index contributed by atoms with van der Waals surface area (Å²) in [6, 6.07) is 8.98. The van der Waals surface area contributed by atoms with Crippen LogP contribution in [0.5, 0.6) is 0 Å². The maximum atomic E-state index is 4.78. The number of aliphatic imine (C=N–C) groups is 1. The van der Waals surface area contributed by atoms with E-state index in [0.29, 0.717) is 6.04 Å². The van der Waals surface area contributed by atoms with Gasteiger partial charge in [0.1, 0.15) is 5.84 Å². The monoisotopic (exact) mass is 215 g/mol. The molecule has 1 unspecified atom stereocenters. The van der Waals surface area contributed by atoms with Crippen molar-refractivity contribution in [2.45, 2.75) is 25.3 Å². The second kappa shape index (κ2) is 4.26. The highest BCUT2D eigenvalue weighted by molar-refractivity contribution is 5.98. The van der Waals surface area contributed by atoms with Crippen LogP contribution in [-0.4, -0.2) is 25.0 Å². The molecule has 84 valence electrons. The first kappa shape index (κ1) is 9.85. The van der Waals surface area contributed by atoms with Crippen molar-refractivity contribution in [2.75, 3.05) is 18.4 Å². The summed E-state index contributed by atoms with van der Waals surface area (Å²) in [7, 11) is 0. The van der Waals surface area contributed by atoms with Gasteiger partial charge in [-0.3, -0.25) is 4.99 Å². The molecule has 0 saturated carbocycles. The summed E-state index contributed by atoms with van der Waals surface area (Å²) in [5, 5.41) is 6.79. The molecule has 0 spiro atoms. The highest BCUT2D eigenvalue weighted by atomic mass is 15.1. The van der Waals surface area contributed by atoms with Crippen molar-refractivity contribution in [3.8, 4) is 0 Å². The van der Waals surface area contributed by atoms with Crippen molar-refractivity contribution in [3.05, 3.63) is 29.8 Å². The molecule has 0 radical (unpaired) electrons. The Bertz CT molecular complexity index is 405. The third-order valence-electron chi connectivity index (χ3n) is 3.30. The lowest BCUT2D eigenvalue weighted by Crippen LogP contribution is -2.23. The summed E-state index contributed by atoms with van der Waals surface area (Å²) in [4.78, 5) is 4.78. The van der Waals surface area contributed by atoms with E-state index in [1.165, 1.54) is 17.7 Å².